The number of anilines is 1. The van der Waals surface area contributed by atoms with Gasteiger partial charge in [-0.05, 0) is 44.7 Å². The Labute approximate surface area is 147 Å². The molecule has 1 heterocycles. The van der Waals surface area contributed by atoms with Crippen LogP contribution >= 0.6 is 11.8 Å². The number of thioether (sulfide) groups is 1. The second-order valence-corrected chi connectivity index (χ2v) is 7.35. The molecule has 0 bridgehead atoms. The summed E-state index contributed by atoms with van der Waals surface area (Å²) in [5.41, 5.74) is 8.10. The van der Waals surface area contributed by atoms with Crippen molar-refractivity contribution < 1.29 is 9.59 Å². The maximum absolute atomic E-state index is 11.9. The number of hydrazine groups is 1. The zero-order valence-electron chi connectivity index (χ0n) is 14.5. The van der Waals surface area contributed by atoms with Crippen LogP contribution in [0.3, 0.4) is 0 Å². The summed E-state index contributed by atoms with van der Waals surface area (Å²) in [6, 6.07) is 6.44. The summed E-state index contributed by atoms with van der Waals surface area (Å²) in [5, 5.41) is 3.07. The van der Waals surface area contributed by atoms with Gasteiger partial charge in [0.25, 0.3) is 11.8 Å². The van der Waals surface area contributed by atoms with Crippen LogP contribution in [0.5, 0.6) is 0 Å². The molecule has 0 aromatic heterocycles. The molecule has 1 aromatic carbocycles. The fourth-order valence-corrected chi connectivity index (χ4v) is 3.93. The van der Waals surface area contributed by atoms with Gasteiger partial charge < -0.3 is 5.32 Å². The minimum atomic E-state index is -0.276. The maximum atomic E-state index is 11.9. The fourth-order valence-electron chi connectivity index (χ4n) is 2.64. The van der Waals surface area contributed by atoms with E-state index in [0.717, 1.165) is 29.2 Å². The monoisotopic (exact) mass is 350 g/mol. The van der Waals surface area contributed by atoms with Gasteiger partial charge in [-0.2, -0.15) is 11.8 Å². The molecule has 1 aliphatic heterocycles. The van der Waals surface area contributed by atoms with Crippen LogP contribution in [0, 0.1) is 13.8 Å². The number of rotatable bonds is 6. The molecule has 1 fully saturated rings. The van der Waals surface area contributed by atoms with Crippen molar-refractivity contribution in [2.75, 3.05) is 37.0 Å². The number of likely N-dealkylation sites (N-methyl/N-ethyl adjacent to an activating group) is 1. The minimum absolute atomic E-state index is 0.110. The lowest BCUT2D eigenvalue weighted by Gasteiger charge is -2.22. The lowest BCUT2D eigenvalue weighted by molar-refractivity contribution is -0.128. The molecule has 3 N–H and O–H groups in total. The topological polar surface area (TPSA) is 73.5 Å². The second-order valence-electron chi connectivity index (χ2n) is 6.20. The van der Waals surface area contributed by atoms with Gasteiger partial charge in [0.05, 0.1) is 13.1 Å². The Kier molecular flexibility index (Phi) is 6.93. The summed E-state index contributed by atoms with van der Waals surface area (Å²) < 4.78 is 0. The lowest BCUT2D eigenvalue weighted by Crippen LogP contribution is -2.49. The Morgan fingerprint density at radius 3 is 2.67 bits per heavy atom. The van der Waals surface area contributed by atoms with E-state index in [2.05, 4.69) is 22.2 Å². The van der Waals surface area contributed by atoms with Crippen molar-refractivity contribution in [2.24, 2.45) is 0 Å². The Morgan fingerprint density at radius 1 is 1.25 bits per heavy atom. The molecule has 1 aromatic rings. The first kappa shape index (κ1) is 18.6. The number of carbonyl (C=O) groups is 2. The van der Waals surface area contributed by atoms with Crippen LogP contribution in [0.2, 0.25) is 0 Å². The number of aryl methyl sites for hydroxylation is 2. The van der Waals surface area contributed by atoms with E-state index in [0.29, 0.717) is 6.04 Å². The highest BCUT2D eigenvalue weighted by Gasteiger charge is 2.21. The van der Waals surface area contributed by atoms with Crippen LogP contribution in [0.1, 0.15) is 17.5 Å². The van der Waals surface area contributed by atoms with Crippen LogP contribution in [0.15, 0.2) is 18.2 Å². The number of hydrogen-bond acceptors (Lipinski definition) is 5. The molecule has 6 nitrogen and oxygen atoms in total. The largest absolute Gasteiger partial charge is 0.376 e. The smallest absolute Gasteiger partial charge is 0.257 e. The molecule has 24 heavy (non-hydrogen) atoms. The quantitative estimate of drug-likeness (QED) is 0.675. The number of carbonyl (C=O) groups excluding carboxylic acids is 2. The van der Waals surface area contributed by atoms with Gasteiger partial charge in [0.15, 0.2) is 0 Å². The molecule has 132 valence electrons. The van der Waals surface area contributed by atoms with Crippen LogP contribution < -0.4 is 16.2 Å². The average molecular weight is 350 g/mol. The standard InChI is InChI=1S/C17H26N4O2S/c1-12-4-5-15(13(2)8-12)18-9-16(22)19-20-17(23)10-21(3)14-6-7-24-11-14/h4-5,8,14,18H,6-7,9-11H2,1-3H3,(H,19,22)(H,20,23). The summed E-state index contributed by atoms with van der Waals surface area (Å²) in [6.07, 6.45) is 1.11. The van der Waals surface area contributed by atoms with E-state index in [1.807, 2.05) is 49.7 Å². The van der Waals surface area contributed by atoms with Crippen molar-refractivity contribution in [1.82, 2.24) is 15.8 Å². The predicted octanol–water partition coefficient (Wildman–Crippen LogP) is 1.30. The highest BCUT2D eigenvalue weighted by Crippen LogP contribution is 2.20. The zero-order valence-corrected chi connectivity index (χ0v) is 15.3. The molecule has 0 aliphatic carbocycles. The molecule has 2 amide bonds. The van der Waals surface area contributed by atoms with Crippen LogP contribution in [0.25, 0.3) is 0 Å². The third-order valence-corrected chi connectivity index (χ3v) is 5.23. The zero-order chi connectivity index (χ0) is 17.5. The second kappa shape index (κ2) is 8.94. The van der Waals surface area contributed by atoms with Gasteiger partial charge in [-0.25, -0.2) is 0 Å². The van der Waals surface area contributed by atoms with Gasteiger partial charge in [0, 0.05) is 17.5 Å². The van der Waals surface area contributed by atoms with E-state index >= 15 is 0 Å². The van der Waals surface area contributed by atoms with Crippen LogP contribution in [-0.4, -0.2) is 54.4 Å². The third-order valence-electron chi connectivity index (χ3n) is 4.08. The Morgan fingerprint density at radius 2 is 2.00 bits per heavy atom. The van der Waals surface area contributed by atoms with Crippen LogP contribution in [-0.2, 0) is 9.59 Å². The lowest BCUT2D eigenvalue weighted by atomic mass is 10.1. The van der Waals surface area contributed by atoms with Crippen molar-refractivity contribution in [1.29, 1.82) is 0 Å². The molecule has 1 atom stereocenters. The van der Waals surface area contributed by atoms with Gasteiger partial charge in [-0.15, -0.1) is 0 Å². The Hall–Kier alpha value is -1.73. The number of nitrogens with zero attached hydrogens (tertiary/aromatic N) is 1. The third kappa shape index (κ3) is 5.72. The van der Waals surface area contributed by atoms with Gasteiger partial charge in [-0.3, -0.25) is 25.3 Å². The summed E-state index contributed by atoms with van der Waals surface area (Å²) >= 11 is 1.91. The van der Waals surface area contributed by atoms with Crippen molar-refractivity contribution >= 4 is 29.3 Å². The van der Waals surface area contributed by atoms with E-state index in [1.54, 1.807) is 0 Å². The molecule has 7 heteroatoms. The number of amides is 2. The highest BCUT2D eigenvalue weighted by atomic mass is 32.2. The van der Waals surface area contributed by atoms with Crippen LogP contribution in [0.4, 0.5) is 5.69 Å². The summed E-state index contributed by atoms with van der Waals surface area (Å²) in [4.78, 5) is 25.8. The summed E-state index contributed by atoms with van der Waals surface area (Å²) in [6.45, 7) is 4.42. The van der Waals surface area contributed by atoms with Crippen molar-refractivity contribution in [3.05, 3.63) is 29.3 Å². The summed E-state index contributed by atoms with van der Waals surface area (Å²) in [7, 11) is 1.94. The van der Waals surface area contributed by atoms with E-state index < -0.39 is 0 Å². The van der Waals surface area contributed by atoms with E-state index in [9.17, 15) is 9.59 Å². The van der Waals surface area contributed by atoms with E-state index in [-0.39, 0.29) is 24.9 Å². The first-order valence-electron chi connectivity index (χ1n) is 8.12. The van der Waals surface area contributed by atoms with E-state index in [4.69, 9.17) is 0 Å². The van der Waals surface area contributed by atoms with Crippen molar-refractivity contribution in [3.63, 3.8) is 0 Å². The molecule has 1 aliphatic rings. The van der Waals surface area contributed by atoms with Gasteiger partial charge in [0.1, 0.15) is 0 Å². The summed E-state index contributed by atoms with van der Waals surface area (Å²) in [5.74, 6) is 1.74. The van der Waals surface area contributed by atoms with Crippen molar-refractivity contribution in [2.45, 2.75) is 26.3 Å². The average Bonchev–Trinajstić information content (AvgIpc) is 3.06. The normalized spacial score (nSPS) is 16.9. The molecule has 0 saturated carbocycles. The van der Waals surface area contributed by atoms with E-state index in [1.165, 1.54) is 5.56 Å². The Balaban J connectivity index is 1.67. The minimum Gasteiger partial charge on any atom is -0.376 e. The molecule has 1 saturated heterocycles. The maximum Gasteiger partial charge on any atom is 0.257 e. The van der Waals surface area contributed by atoms with Crippen molar-refractivity contribution in [3.8, 4) is 0 Å². The molecule has 0 spiro atoms. The Bertz CT molecular complexity index is 588. The van der Waals surface area contributed by atoms with Gasteiger partial charge in [-0.1, -0.05) is 17.7 Å². The molecule has 0 radical (unpaired) electrons. The molecular weight excluding hydrogens is 324 g/mol. The molecular formula is C17H26N4O2S. The predicted molar refractivity (Wildman–Crippen MR) is 99.1 cm³/mol. The molecule has 1 unspecified atom stereocenters. The van der Waals surface area contributed by atoms with Gasteiger partial charge in [0.2, 0.25) is 0 Å². The first-order valence-corrected chi connectivity index (χ1v) is 9.28. The highest BCUT2D eigenvalue weighted by molar-refractivity contribution is 7.99. The molecule has 2 rings (SSSR count). The fraction of sp³-hybridized carbons (Fsp3) is 0.529. The van der Waals surface area contributed by atoms with Gasteiger partial charge >= 0.3 is 0 Å². The first-order chi connectivity index (χ1) is 11.5. The SMILES string of the molecule is Cc1ccc(NCC(=O)NNC(=O)CN(C)C2CCSC2)c(C)c1. The number of hydrogen-bond donors (Lipinski definition) is 3. The number of nitrogens with one attached hydrogen (secondary N) is 3. The number of benzene rings is 1.